The lowest BCUT2D eigenvalue weighted by Gasteiger charge is -2.13. The summed E-state index contributed by atoms with van der Waals surface area (Å²) in [6.07, 6.45) is 1.25. The number of rotatable bonds is 6. The highest BCUT2D eigenvalue weighted by molar-refractivity contribution is 6.31. The number of fused-ring (bicyclic) bond motifs is 1. The summed E-state index contributed by atoms with van der Waals surface area (Å²) < 4.78 is 6.40. The maximum atomic E-state index is 13.1. The molecule has 178 valence electrons. The number of benzene rings is 2. The molecule has 0 bridgehead atoms. The van der Waals surface area contributed by atoms with E-state index in [9.17, 15) is 19.7 Å². The number of nitrogens with one attached hydrogen (secondary N) is 1. The topological polar surface area (TPSA) is 129 Å². The fourth-order valence-corrected chi connectivity index (χ4v) is 3.84. The molecule has 0 unspecified atom stereocenters. The maximum absolute atomic E-state index is 13.1. The second-order valence-corrected chi connectivity index (χ2v) is 8.12. The molecule has 0 saturated heterocycles. The summed E-state index contributed by atoms with van der Waals surface area (Å²) in [5.41, 5.74) is 1.84. The Labute approximate surface area is 204 Å². The van der Waals surface area contributed by atoms with Crippen molar-refractivity contribution >= 4 is 45.9 Å². The fourth-order valence-electron chi connectivity index (χ4n) is 3.68. The molecule has 2 heterocycles. The molecular formula is C24H20ClN5O5. The quantitative estimate of drug-likeness (QED) is 0.226. The van der Waals surface area contributed by atoms with Gasteiger partial charge in [-0.2, -0.15) is 9.78 Å². The van der Waals surface area contributed by atoms with Crippen LogP contribution >= 0.6 is 11.6 Å². The van der Waals surface area contributed by atoms with Gasteiger partial charge in [-0.1, -0.05) is 29.8 Å². The summed E-state index contributed by atoms with van der Waals surface area (Å²) in [6, 6.07) is 11.3. The van der Waals surface area contributed by atoms with Gasteiger partial charge in [-0.05, 0) is 50.1 Å². The standard InChI is InChI=1S/C24H20ClN5O5/c1-4-35-24(32)18-12-26-29(20-10-14(3)16-7-5-6-13(2)21(16)27-20)22(18)28-23(31)17-9-8-15(25)11-19(17)30(33)34/h5-12H,4H2,1-3H3,(H,28,31). The Balaban J connectivity index is 1.86. The Morgan fingerprint density at radius 3 is 2.63 bits per heavy atom. The van der Waals surface area contributed by atoms with Crippen LogP contribution in [0.15, 0.2) is 48.7 Å². The SMILES string of the molecule is CCOC(=O)c1cnn(-c2cc(C)c3cccc(C)c3n2)c1NC(=O)c1ccc(Cl)cc1[N+](=O)[O-]. The zero-order valence-corrected chi connectivity index (χ0v) is 19.8. The van der Waals surface area contributed by atoms with Gasteiger partial charge in [-0.25, -0.2) is 9.78 Å². The first-order valence-electron chi connectivity index (χ1n) is 10.6. The van der Waals surface area contributed by atoms with E-state index in [0.717, 1.165) is 28.1 Å². The number of nitrogens with zero attached hydrogens (tertiary/aromatic N) is 4. The van der Waals surface area contributed by atoms with E-state index < -0.39 is 22.5 Å². The Hall–Kier alpha value is -4.31. The van der Waals surface area contributed by atoms with Crippen LogP contribution < -0.4 is 5.32 Å². The number of hydrogen-bond acceptors (Lipinski definition) is 7. The Kier molecular flexibility index (Phi) is 6.48. The summed E-state index contributed by atoms with van der Waals surface area (Å²) in [6.45, 7) is 5.59. The van der Waals surface area contributed by atoms with Gasteiger partial charge in [-0.3, -0.25) is 14.9 Å². The number of aryl methyl sites for hydroxylation is 2. The normalized spacial score (nSPS) is 10.9. The first kappa shape index (κ1) is 23.8. The fraction of sp³-hybridized carbons (Fsp3) is 0.167. The minimum atomic E-state index is -0.825. The number of pyridine rings is 1. The van der Waals surface area contributed by atoms with Crippen molar-refractivity contribution < 1.29 is 19.2 Å². The van der Waals surface area contributed by atoms with E-state index in [4.69, 9.17) is 21.3 Å². The van der Waals surface area contributed by atoms with E-state index in [-0.39, 0.29) is 28.6 Å². The number of nitro benzene ring substituents is 1. The number of aromatic nitrogens is 3. The van der Waals surface area contributed by atoms with E-state index in [1.807, 2.05) is 32.0 Å². The van der Waals surface area contributed by atoms with Gasteiger partial charge in [0, 0.05) is 16.5 Å². The van der Waals surface area contributed by atoms with Gasteiger partial charge in [0.05, 0.1) is 23.2 Å². The number of halogens is 1. The molecule has 4 rings (SSSR count). The molecule has 0 spiro atoms. The lowest BCUT2D eigenvalue weighted by atomic mass is 10.1. The van der Waals surface area contributed by atoms with Crippen LogP contribution in [-0.2, 0) is 4.74 Å². The molecule has 0 fully saturated rings. The van der Waals surface area contributed by atoms with E-state index >= 15 is 0 Å². The van der Waals surface area contributed by atoms with Crippen molar-refractivity contribution in [3.8, 4) is 5.82 Å². The second-order valence-electron chi connectivity index (χ2n) is 7.68. The highest BCUT2D eigenvalue weighted by Crippen LogP contribution is 2.28. The zero-order valence-electron chi connectivity index (χ0n) is 19.0. The van der Waals surface area contributed by atoms with Crippen molar-refractivity contribution in [2.75, 3.05) is 11.9 Å². The number of hydrogen-bond donors (Lipinski definition) is 1. The predicted octanol–water partition coefficient (Wildman–Crippen LogP) is 5.03. The molecule has 2 aromatic heterocycles. The van der Waals surface area contributed by atoms with Gasteiger partial charge in [-0.15, -0.1) is 0 Å². The van der Waals surface area contributed by atoms with Crippen molar-refractivity contribution in [2.45, 2.75) is 20.8 Å². The van der Waals surface area contributed by atoms with Crippen LogP contribution in [0.5, 0.6) is 0 Å². The molecule has 4 aromatic rings. The summed E-state index contributed by atoms with van der Waals surface area (Å²) in [7, 11) is 0. The van der Waals surface area contributed by atoms with E-state index in [1.54, 1.807) is 13.0 Å². The van der Waals surface area contributed by atoms with Crippen LogP contribution in [0.25, 0.3) is 16.7 Å². The van der Waals surface area contributed by atoms with E-state index in [2.05, 4.69) is 10.4 Å². The number of amides is 1. The number of nitro groups is 1. The average Bonchev–Trinajstić information content (AvgIpc) is 3.23. The third kappa shape index (κ3) is 4.56. The molecule has 0 saturated carbocycles. The number of anilines is 1. The van der Waals surface area contributed by atoms with Crippen LogP contribution in [0.4, 0.5) is 11.5 Å². The minimum Gasteiger partial charge on any atom is -0.462 e. The van der Waals surface area contributed by atoms with E-state index in [0.29, 0.717) is 5.82 Å². The van der Waals surface area contributed by atoms with Crippen molar-refractivity contribution in [2.24, 2.45) is 0 Å². The molecule has 35 heavy (non-hydrogen) atoms. The van der Waals surface area contributed by atoms with Crippen LogP contribution in [-0.4, -0.2) is 38.2 Å². The van der Waals surface area contributed by atoms with E-state index in [1.165, 1.54) is 23.0 Å². The van der Waals surface area contributed by atoms with Crippen molar-refractivity contribution in [1.29, 1.82) is 0 Å². The predicted molar refractivity (Wildman–Crippen MR) is 130 cm³/mol. The lowest BCUT2D eigenvalue weighted by Crippen LogP contribution is -2.19. The van der Waals surface area contributed by atoms with Crippen LogP contribution in [0.2, 0.25) is 5.02 Å². The third-order valence-corrected chi connectivity index (χ3v) is 5.58. The Morgan fingerprint density at radius 1 is 1.14 bits per heavy atom. The molecule has 11 heteroatoms. The lowest BCUT2D eigenvalue weighted by molar-refractivity contribution is -0.385. The summed E-state index contributed by atoms with van der Waals surface area (Å²) in [4.78, 5) is 41.2. The van der Waals surface area contributed by atoms with Gasteiger partial charge >= 0.3 is 5.97 Å². The molecule has 0 aliphatic heterocycles. The summed E-state index contributed by atoms with van der Waals surface area (Å²) in [5.74, 6) is -1.22. The Morgan fingerprint density at radius 2 is 1.91 bits per heavy atom. The molecule has 2 aromatic carbocycles. The number of esters is 1. The third-order valence-electron chi connectivity index (χ3n) is 5.35. The van der Waals surface area contributed by atoms with Gasteiger partial charge in [0.2, 0.25) is 0 Å². The first-order valence-corrected chi connectivity index (χ1v) is 11.0. The number of carbonyl (C=O) groups is 2. The number of ether oxygens (including phenoxy) is 1. The van der Waals surface area contributed by atoms with Crippen molar-refractivity contribution in [1.82, 2.24) is 14.8 Å². The summed E-state index contributed by atoms with van der Waals surface area (Å²) in [5, 5.41) is 19.4. The smallest absolute Gasteiger partial charge is 0.343 e. The van der Waals surface area contributed by atoms with Crippen LogP contribution in [0.1, 0.15) is 38.8 Å². The highest BCUT2D eigenvalue weighted by Gasteiger charge is 2.26. The van der Waals surface area contributed by atoms with Crippen LogP contribution in [0, 0.1) is 24.0 Å². The minimum absolute atomic E-state index is 0.0267. The van der Waals surface area contributed by atoms with Gasteiger partial charge in [0.1, 0.15) is 11.1 Å². The molecule has 1 amide bonds. The molecule has 0 aliphatic carbocycles. The monoisotopic (exact) mass is 493 g/mol. The molecule has 0 radical (unpaired) electrons. The average molecular weight is 494 g/mol. The van der Waals surface area contributed by atoms with Gasteiger partial charge in [0.15, 0.2) is 11.6 Å². The first-order chi connectivity index (χ1) is 16.7. The number of carbonyl (C=O) groups excluding carboxylic acids is 2. The number of para-hydroxylation sites is 1. The molecular weight excluding hydrogens is 474 g/mol. The molecule has 0 aliphatic rings. The summed E-state index contributed by atoms with van der Waals surface area (Å²) >= 11 is 5.87. The Bertz CT molecular complexity index is 1500. The maximum Gasteiger partial charge on any atom is 0.343 e. The zero-order chi connectivity index (χ0) is 25.3. The molecule has 1 N–H and O–H groups in total. The van der Waals surface area contributed by atoms with Gasteiger partial charge < -0.3 is 10.1 Å². The van der Waals surface area contributed by atoms with Crippen molar-refractivity contribution in [3.63, 3.8) is 0 Å². The molecule has 0 atom stereocenters. The highest BCUT2D eigenvalue weighted by atomic mass is 35.5. The van der Waals surface area contributed by atoms with Crippen molar-refractivity contribution in [3.05, 3.63) is 86.1 Å². The second kappa shape index (κ2) is 9.51. The van der Waals surface area contributed by atoms with Gasteiger partial charge in [0.25, 0.3) is 11.6 Å². The largest absolute Gasteiger partial charge is 0.462 e. The molecule has 10 nitrogen and oxygen atoms in total. The van der Waals surface area contributed by atoms with Crippen LogP contribution in [0.3, 0.4) is 0 Å².